The zero-order chi connectivity index (χ0) is 26.4. The Balaban J connectivity index is 2.06. The molecular weight excluding hydrogens is 641 g/mol. The highest BCUT2D eigenvalue weighted by Gasteiger charge is 2.21. The molecule has 2 unspecified atom stereocenters. The van der Waals surface area contributed by atoms with Crippen molar-refractivity contribution in [2.45, 2.75) is 53.1 Å². The van der Waals surface area contributed by atoms with Crippen molar-refractivity contribution < 1.29 is 19.0 Å². The van der Waals surface area contributed by atoms with Crippen LogP contribution in [0.4, 0.5) is 0 Å². The summed E-state index contributed by atoms with van der Waals surface area (Å²) in [5, 5.41) is 5.02. The topological polar surface area (TPSA) is 92.0 Å². The third-order valence-corrected chi connectivity index (χ3v) is 6.75. The van der Waals surface area contributed by atoms with Gasteiger partial charge in [0.25, 0.3) is 5.56 Å². The van der Waals surface area contributed by atoms with Crippen LogP contribution in [0.25, 0.3) is 10.9 Å². The van der Waals surface area contributed by atoms with Gasteiger partial charge >= 0.3 is 5.97 Å². The van der Waals surface area contributed by atoms with E-state index in [1.54, 1.807) is 32.2 Å². The predicted octanol–water partition coefficient (Wildman–Crippen LogP) is 5.89. The van der Waals surface area contributed by atoms with Crippen molar-refractivity contribution in [1.29, 1.82) is 0 Å². The first-order valence-corrected chi connectivity index (χ1v) is 13.6. The van der Waals surface area contributed by atoms with E-state index in [1.165, 1.54) is 4.68 Å². The van der Waals surface area contributed by atoms with E-state index in [2.05, 4.69) is 43.6 Å². The fraction of sp³-hybridized carbons (Fsp3) is 0.385. The lowest BCUT2D eigenvalue weighted by molar-refractivity contribution is -0.150. The summed E-state index contributed by atoms with van der Waals surface area (Å²) in [7, 11) is 0. The molecule has 0 aliphatic carbocycles. The number of nitrogens with zero attached hydrogens (tertiary/aromatic N) is 3. The van der Waals surface area contributed by atoms with Crippen molar-refractivity contribution in [2.24, 2.45) is 5.10 Å². The lowest BCUT2D eigenvalue weighted by Gasteiger charge is -2.18. The lowest BCUT2D eigenvalue weighted by Crippen LogP contribution is -2.26. The van der Waals surface area contributed by atoms with E-state index in [9.17, 15) is 9.59 Å². The zero-order valence-corrected chi connectivity index (χ0v) is 24.6. The van der Waals surface area contributed by atoms with Gasteiger partial charge in [0.1, 0.15) is 5.82 Å². The minimum absolute atomic E-state index is 0.0298. The molecule has 0 aliphatic rings. The number of aromatic nitrogens is 2. The Kier molecular flexibility index (Phi) is 9.89. The highest BCUT2D eigenvalue weighted by Crippen LogP contribution is 2.35. The van der Waals surface area contributed by atoms with Crippen molar-refractivity contribution in [3.8, 4) is 11.5 Å². The molecule has 36 heavy (non-hydrogen) atoms. The summed E-state index contributed by atoms with van der Waals surface area (Å²) in [6.45, 7) is 9.98. The van der Waals surface area contributed by atoms with Crippen LogP contribution in [0.15, 0.2) is 44.7 Å². The van der Waals surface area contributed by atoms with Crippen LogP contribution < -0.4 is 15.0 Å². The predicted molar refractivity (Wildman–Crippen MR) is 152 cm³/mol. The number of halogens is 2. The van der Waals surface area contributed by atoms with Crippen LogP contribution in [0.1, 0.15) is 58.3 Å². The number of rotatable bonds is 10. The number of ether oxygens (including phenoxy) is 3. The fourth-order valence-corrected chi connectivity index (χ4v) is 4.54. The first kappa shape index (κ1) is 28.1. The van der Waals surface area contributed by atoms with Crippen LogP contribution in [-0.4, -0.2) is 41.2 Å². The summed E-state index contributed by atoms with van der Waals surface area (Å²) >= 11 is 5.55. The van der Waals surface area contributed by atoms with E-state index in [4.69, 9.17) is 19.2 Å². The highest BCUT2D eigenvalue weighted by atomic mass is 127. The second-order valence-electron chi connectivity index (χ2n) is 8.08. The molecule has 0 N–H and O–H groups in total. The Morgan fingerprint density at radius 1 is 1.19 bits per heavy atom. The third-order valence-electron chi connectivity index (χ3n) is 5.45. The maximum absolute atomic E-state index is 13.4. The lowest BCUT2D eigenvalue weighted by atomic mass is 10.1. The molecular formula is C26H29BrIN3O5. The first-order valence-electron chi connectivity index (χ1n) is 11.8. The molecule has 8 nitrogen and oxygen atoms in total. The Labute approximate surface area is 232 Å². The summed E-state index contributed by atoms with van der Waals surface area (Å²) in [5.74, 6) is 1.09. The van der Waals surface area contributed by atoms with E-state index in [1.807, 2.05) is 39.0 Å². The van der Waals surface area contributed by atoms with Gasteiger partial charge in [-0.2, -0.15) is 9.78 Å². The summed E-state index contributed by atoms with van der Waals surface area (Å²) in [6, 6.07) is 9.06. The van der Waals surface area contributed by atoms with Crippen LogP contribution in [-0.2, 0) is 9.53 Å². The number of hydrogen-bond donors (Lipinski definition) is 0. The molecule has 0 saturated carbocycles. The molecule has 3 rings (SSSR count). The van der Waals surface area contributed by atoms with E-state index >= 15 is 0 Å². The number of hydrogen-bond acceptors (Lipinski definition) is 7. The van der Waals surface area contributed by atoms with Crippen molar-refractivity contribution >= 4 is 61.6 Å². The average Bonchev–Trinajstić information content (AvgIpc) is 2.85. The highest BCUT2D eigenvalue weighted by molar-refractivity contribution is 14.1. The minimum Gasteiger partial charge on any atom is -0.490 e. The van der Waals surface area contributed by atoms with Crippen molar-refractivity contribution in [3.05, 3.63) is 60.1 Å². The van der Waals surface area contributed by atoms with Gasteiger partial charge in [0.05, 0.1) is 33.9 Å². The van der Waals surface area contributed by atoms with Gasteiger partial charge in [0.15, 0.2) is 17.6 Å². The third kappa shape index (κ3) is 6.44. The summed E-state index contributed by atoms with van der Waals surface area (Å²) in [6.07, 6.45) is 1.61. The number of esters is 1. The molecule has 1 heterocycles. The van der Waals surface area contributed by atoms with Crippen LogP contribution in [0, 0.1) is 3.57 Å². The van der Waals surface area contributed by atoms with Gasteiger partial charge in [-0.3, -0.25) is 4.79 Å². The Bertz CT molecular complexity index is 1340. The van der Waals surface area contributed by atoms with Gasteiger partial charge < -0.3 is 14.2 Å². The molecule has 2 atom stereocenters. The van der Waals surface area contributed by atoms with Gasteiger partial charge in [0.2, 0.25) is 0 Å². The quantitative estimate of drug-likeness (QED) is 0.152. The second-order valence-corrected chi connectivity index (χ2v) is 10.2. The summed E-state index contributed by atoms with van der Waals surface area (Å²) in [5.41, 5.74) is 1.10. The number of carbonyl (C=O) groups is 1. The van der Waals surface area contributed by atoms with E-state index < -0.39 is 12.1 Å². The Morgan fingerprint density at radius 3 is 2.61 bits per heavy atom. The number of benzene rings is 2. The normalized spacial score (nSPS) is 13.1. The maximum Gasteiger partial charge on any atom is 0.347 e. The maximum atomic E-state index is 13.4. The van der Waals surface area contributed by atoms with Gasteiger partial charge in [-0.15, -0.1) is 0 Å². The monoisotopic (exact) mass is 669 g/mol. The molecule has 0 radical (unpaired) electrons. The van der Waals surface area contributed by atoms with Gasteiger partial charge in [-0.05, 0) is 85.7 Å². The van der Waals surface area contributed by atoms with Gasteiger partial charge in [0, 0.05) is 10.4 Å². The summed E-state index contributed by atoms with van der Waals surface area (Å²) in [4.78, 5) is 30.2. The van der Waals surface area contributed by atoms with Crippen molar-refractivity contribution in [3.63, 3.8) is 0 Å². The molecule has 0 bridgehead atoms. The van der Waals surface area contributed by atoms with Crippen molar-refractivity contribution in [2.75, 3.05) is 13.2 Å². The average molecular weight is 670 g/mol. The molecule has 3 aromatic rings. The number of carbonyl (C=O) groups excluding carboxylic acids is 1. The minimum atomic E-state index is -0.795. The van der Waals surface area contributed by atoms with Gasteiger partial charge in [-0.1, -0.05) is 29.8 Å². The fourth-order valence-electron chi connectivity index (χ4n) is 3.43. The molecule has 192 valence electrons. The van der Waals surface area contributed by atoms with E-state index in [0.717, 1.165) is 14.5 Å². The molecule has 0 fully saturated rings. The standard InChI is InChI=1S/C26H29BrIN3O5/c1-6-15(4)24-30-21-10-9-18(27)13-19(21)25(32)31(24)29-14-17-11-20(28)23(22(12-17)34-7-2)36-16(5)26(33)35-8-3/h9-16H,6-8H2,1-5H3. The number of fused-ring (bicyclic) bond motifs is 1. The van der Waals surface area contributed by atoms with Crippen LogP contribution >= 0.6 is 38.5 Å². The second kappa shape index (κ2) is 12.7. The first-order chi connectivity index (χ1) is 17.2. The van der Waals surface area contributed by atoms with Gasteiger partial charge in [-0.25, -0.2) is 9.78 Å². The molecule has 1 aromatic heterocycles. The molecule has 10 heteroatoms. The Hall–Kier alpha value is -2.47. The smallest absolute Gasteiger partial charge is 0.347 e. The van der Waals surface area contributed by atoms with Crippen LogP contribution in [0.5, 0.6) is 11.5 Å². The SMILES string of the molecule is CCOC(=O)C(C)Oc1c(I)cc(C=Nn2c(C(C)CC)nc3ccc(Br)cc3c2=O)cc1OCC. The van der Waals surface area contributed by atoms with Crippen molar-refractivity contribution in [1.82, 2.24) is 9.66 Å². The van der Waals surface area contributed by atoms with Crippen LogP contribution in [0.2, 0.25) is 0 Å². The Morgan fingerprint density at radius 2 is 1.94 bits per heavy atom. The summed E-state index contributed by atoms with van der Waals surface area (Å²) < 4.78 is 19.6. The molecule has 2 aromatic carbocycles. The largest absolute Gasteiger partial charge is 0.490 e. The van der Waals surface area contributed by atoms with E-state index in [0.29, 0.717) is 40.4 Å². The zero-order valence-electron chi connectivity index (χ0n) is 20.9. The molecule has 0 saturated heterocycles. The molecule has 0 aliphatic heterocycles. The molecule has 0 amide bonds. The van der Waals surface area contributed by atoms with E-state index in [-0.39, 0.29) is 18.1 Å². The molecule has 0 spiro atoms. The van der Waals surface area contributed by atoms with Crippen LogP contribution in [0.3, 0.4) is 0 Å².